The summed E-state index contributed by atoms with van der Waals surface area (Å²) in [6, 6.07) is 0. The van der Waals surface area contributed by atoms with Gasteiger partial charge in [-0.3, -0.25) is 14.4 Å². The fourth-order valence-electron chi connectivity index (χ4n) is 10.1. The molecule has 0 fully saturated rings. The molecule has 6 heteroatoms. The molecule has 0 aromatic carbocycles. The quantitative estimate of drug-likeness (QED) is 0.0261. The van der Waals surface area contributed by atoms with Crippen LogP contribution < -0.4 is 0 Å². The third-order valence-corrected chi connectivity index (χ3v) is 15.0. The summed E-state index contributed by atoms with van der Waals surface area (Å²) in [5.74, 6) is -0.843. The number of carbonyl (C=O) groups is 3. The van der Waals surface area contributed by atoms with E-state index in [0.29, 0.717) is 19.3 Å². The summed E-state index contributed by atoms with van der Waals surface area (Å²) in [6.07, 6.45) is 72.2. The number of hydrogen-bond donors (Lipinski definition) is 0. The van der Waals surface area contributed by atoms with E-state index in [-0.39, 0.29) is 31.1 Å². The smallest absolute Gasteiger partial charge is 0.306 e. The zero-order chi connectivity index (χ0) is 52.2. The molecule has 0 saturated carbocycles. The maximum Gasteiger partial charge on any atom is 0.306 e. The van der Waals surface area contributed by atoms with E-state index < -0.39 is 6.10 Å². The fourth-order valence-corrected chi connectivity index (χ4v) is 10.1. The third-order valence-electron chi connectivity index (χ3n) is 15.0. The van der Waals surface area contributed by atoms with Gasteiger partial charge in [0.25, 0.3) is 0 Å². The molecule has 0 heterocycles. The highest BCUT2D eigenvalue weighted by Crippen LogP contribution is 2.18. The van der Waals surface area contributed by atoms with Crippen molar-refractivity contribution in [3.05, 3.63) is 12.2 Å². The number of allylic oxidation sites excluding steroid dienone is 2. The van der Waals surface area contributed by atoms with Crippen LogP contribution in [0.2, 0.25) is 0 Å². The summed E-state index contributed by atoms with van der Waals surface area (Å²) in [5.41, 5.74) is 0. The lowest BCUT2D eigenvalue weighted by molar-refractivity contribution is -0.167. The molecule has 0 aliphatic heterocycles. The van der Waals surface area contributed by atoms with E-state index in [1.54, 1.807) is 0 Å². The second kappa shape index (κ2) is 61.7. The van der Waals surface area contributed by atoms with Gasteiger partial charge in [0.15, 0.2) is 6.10 Å². The van der Waals surface area contributed by atoms with Gasteiger partial charge in [0.1, 0.15) is 13.2 Å². The van der Waals surface area contributed by atoms with E-state index >= 15 is 0 Å². The zero-order valence-corrected chi connectivity index (χ0v) is 49.0. The van der Waals surface area contributed by atoms with Crippen molar-refractivity contribution < 1.29 is 28.6 Å². The van der Waals surface area contributed by atoms with Gasteiger partial charge in [0.2, 0.25) is 0 Å². The molecule has 0 aliphatic carbocycles. The van der Waals surface area contributed by atoms with Crippen molar-refractivity contribution in [3.63, 3.8) is 0 Å². The Kier molecular flexibility index (Phi) is 60.1. The van der Waals surface area contributed by atoms with Crippen molar-refractivity contribution >= 4 is 17.9 Å². The minimum absolute atomic E-state index is 0.0668. The molecule has 0 aromatic heterocycles. The lowest BCUT2D eigenvalue weighted by Gasteiger charge is -2.18. The average molecular weight is 1020 g/mol. The number of ether oxygens (including phenoxy) is 3. The summed E-state index contributed by atoms with van der Waals surface area (Å²) in [7, 11) is 0. The molecule has 1 unspecified atom stereocenters. The Morgan fingerprint density at radius 3 is 0.694 bits per heavy atom. The molecule has 0 bridgehead atoms. The Bertz CT molecular complexity index is 1120. The molecule has 0 aromatic rings. The first-order valence-corrected chi connectivity index (χ1v) is 32.7. The van der Waals surface area contributed by atoms with E-state index in [1.165, 1.54) is 270 Å². The van der Waals surface area contributed by atoms with Crippen LogP contribution in [0.1, 0.15) is 374 Å². The first-order chi connectivity index (χ1) is 35.5. The SMILES string of the molecule is CCCCCCCCC/C=C\CCCCCCCC(=O)OC(COC(=O)CCCCCCCCCCCCCCCCCC)COC(=O)CCCCCCCCCCCCCCCCCCCCCCCC. The number of esters is 3. The molecular formula is C66H126O6. The molecule has 0 saturated heterocycles. The third kappa shape index (κ3) is 59.0. The van der Waals surface area contributed by atoms with Crippen molar-refractivity contribution in [1.82, 2.24) is 0 Å². The van der Waals surface area contributed by atoms with Gasteiger partial charge in [0, 0.05) is 19.3 Å². The van der Waals surface area contributed by atoms with Crippen LogP contribution in [0.3, 0.4) is 0 Å². The molecule has 0 amide bonds. The highest BCUT2D eigenvalue weighted by molar-refractivity contribution is 5.71. The van der Waals surface area contributed by atoms with E-state index in [1.807, 2.05) is 0 Å². The van der Waals surface area contributed by atoms with Crippen LogP contribution in [0.4, 0.5) is 0 Å². The van der Waals surface area contributed by atoms with Crippen LogP contribution in [-0.4, -0.2) is 37.2 Å². The van der Waals surface area contributed by atoms with Gasteiger partial charge < -0.3 is 14.2 Å². The van der Waals surface area contributed by atoms with Gasteiger partial charge >= 0.3 is 17.9 Å². The highest BCUT2D eigenvalue weighted by atomic mass is 16.6. The first-order valence-electron chi connectivity index (χ1n) is 32.7. The zero-order valence-electron chi connectivity index (χ0n) is 49.0. The molecule has 426 valence electrons. The minimum Gasteiger partial charge on any atom is -0.462 e. The Hall–Kier alpha value is -1.85. The number of carbonyl (C=O) groups excluding carboxylic acids is 3. The van der Waals surface area contributed by atoms with Crippen LogP contribution in [0, 0.1) is 0 Å². The Balaban J connectivity index is 4.27. The van der Waals surface area contributed by atoms with Crippen molar-refractivity contribution in [2.45, 2.75) is 380 Å². The van der Waals surface area contributed by atoms with Gasteiger partial charge in [-0.1, -0.05) is 322 Å². The van der Waals surface area contributed by atoms with Crippen LogP contribution in [0.15, 0.2) is 12.2 Å². The van der Waals surface area contributed by atoms with E-state index in [4.69, 9.17) is 14.2 Å². The number of rotatable bonds is 61. The van der Waals surface area contributed by atoms with Crippen molar-refractivity contribution in [3.8, 4) is 0 Å². The molecule has 0 radical (unpaired) electrons. The van der Waals surface area contributed by atoms with Gasteiger partial charge in [0.05, 0.1) is 0 Å². The van der Waals surface area contributed by atoms with Crippen molar-refractivity contribution in [2.24, 2.45) is 0 Å². The summed E-state index contributed by atoms with van der Waals surface area (Å²) in [6.45, 7) is 6.71. The second-order valence-electron chi connectivity index (χ2n) is 22.4. The predicted octanol–water partition coefficient (Wildman–Crippen LogP) is 22.1. The van der Waals surface area contributed by atoms with Crippen LogP contribution in [-0.2, 0) is 28.6 Å². The van der Waals surface area contributed by atoms with Gasteiger partial charge in [-0.05, 0) is 44.9 Å². The molecule has 6 nitrogen and oxygen atoms in total. The molecule has 0 spiro atoms. The largest absolute Gasteiger partial charge is 0.462 e. The van der Waals surface area contributed by atoms with Crippen LogP contribution >= 0.6 is 0 Å². The Labute approximate surface area is 450 Å². The van der Waals surface area contributed by atoms with E-state index in [9.17, 15) is 14.4 Å². The maximum atomic E-state index is 12.9. The number of hydrogen-bond acceptors (Lipinski definition) is 6. The number of unbranched alkanes of at least 4 members (excludes halogenated alkanes) is 48. The second-order valence-corrected chi connectivity index (χ2v) is 22.4. The van der Waals surface area contributed by atoms with Crippen LogP contribution in [0.25, 0.3) is 0 Å². The maximum absolute atomic E-state index is 12.9. The van der Waals surface area contributed by atoms with Gasteiger partial charge in [-0.15, -0.1) is 0 Å². The lowest BCUT2D eigenvalue weighted by Crippen LogP contribution is -2.30. The predicted molar refractivity (Wildman–Crippen MR) is 312 cm³/mol. The average Bonchev–Trinajstić information content (AvgIpc) is 3.38. The molecule has 72 heavy (non-hydrogen) atoms. The minimum atomic E-state index is -0.770. The summed E-state index contributed by atoms with van der Waals surface area (Å²) < 4.78 is 17.0. The molecule has 0 aliphatic rings. The van der Waals surface area contributed by atoms with Gasteiger partial charge in [-0.2, -0.15) is 0 Å². The van der Waals surface area contributed by atoms with Crippen molar-refractivity contribution in [2.75, 3.05) is 13.2 Å². The summed E-state index contributed by atoms with van der Waals surface area (Å²) >= 11 is 0. The fraction of sp³-hybridized carbons (Fsp3) is 0.924. The molecule has 0 N–H and O–H groups in total. The lowest BCUT2D eigenvalue weighted by atomic mass is 10.0. The summed E-state index contributed by atoms with van der Waals surface area (Å²) in [4.78, 5) is 38.3. The normalized spacial score (nSPS) is 12.0. The van der Waals surface area contributed by atoms with Crippen LogP contribution in [0.5, 0.6) is 0 Å². The molecular weight excluding hydrogens is 889 g/mol. The van der Waals surface area contributed by atoms with Gasteiger partial charge in [-0.25, -0.2) is 0 Å². The first kappa shape index (κ1) is 70.1. The summed E-state index contributed by atoms with van der Waals surface area (Å²) in [5, 5.41) is 0. The van der Waals surface area contributed by atoms with E-state index in [2.05, 4.69) is 32.9 Å². The molecule has 1 atom stereocenters. The van der Waals surface area contributed by atoms with Crippen molar-refractivity contribution in [1.29, 1.82) is 0 Å². The molecule has 0 rings (SSSR count). The highest BCUT2D eigenvalue weighted by Gasteiger charge is 2.19. The monoisotopic (exact) mass is 1010 g/mol. The topological polar surface area (TPSA) is 78.9 Å². The standard InChI is InChI=1S/C66H126O6/c1-4-7-10-13-16-19-22-25-28-31-32-33-34-35-36-39-41-44-47-50-53-56-59-65(68)71-62-63(72-66(69)60-57-54-51-48-45-42-38-30-27-24-21-18-15-12-9-6-3)61-70-64(67)58-55-52-49-46-43-40-37-29-26-23-20-17-14-11-8-5-2/h30,38,63H,4-29,31-37,39-62H2,1-3H3/b38-30-. The van der Waals surface area contributed by atoms with E-state index in [0.717, 1.165) is 64.2 Å². The Morgan fingerprint density at radius 2 is 0.458 bits per heavy atom. The Morgan fingerprint density at radius 1 is 0.264 bits per heavy atom.